The smallest absolute Gasteiger partial charge is 0.446 e. The van der Waals surface area contributed by atoms with Gasteiger partial charge in [0, 0.05) is 10.2 Å². The molecule has 0 heterocycles. The Hall–Kier alpha value is -1.20. The standard InChI is InChI=1S/C11H7BrF3NO2S/c1-18-10(17)7-3-2-6(4-12)9(8(7)5-16)19-11(13,14)15/h2-3H,4H2,1H3. The van der Waals surface area contributed by atoms with Crippen LogP contribution in [0.5, 0.6) is 0 Å². The van der Waals surface area contributed by atoms with Crippen LogP contribution >= 0.6 is 27.7 Å². The fraction of sp³-hybridized carbons (Fsp3) is 0.273. The number of nitrogens with zero attached hydrogens (tertiary/aromatic N) is 1. The topological polar surface area (TPSA) is 50.1 Å². The number of hydrogen-bond donors (Lipinski definition) is 0. The summed E-state index contributed by atoms with van der Waals surface area (Å²) in [6.45, 7) is 0. The van der Waals surface area contributed by atoms with Gasteiger partial charge in [0.25, 0.3) is 0 Å². The average molecular weight is 354 g/mol. The van der Waals surface area contributed by atoms with Gasteiger partial charge in [-0.05, 0) is 23.4 Å². The minimum Gasteiger partial charge on any atom is -0.465 e. The summed E-state index contributed by atoms with van der Waals surface area (Å²) in [6.07, 6.45) is 0. The van der Waals surface area contributed by atoms with Crippen LogP contribution in [0.25, 0.3) is 0 Å². The molecule has 0 aliphatic carbocycles. The van der Waals surface area contributed by atoms with Crippen molar-refractivity contribution in [3.05, 3.63) is 28.8 Å². The molecule has 0 N–H and O–H groups in total. The Bertz CT molecular complexity index is 540. The molecule has 0 saturated heterocycles. The van der Waals surface area contributed by atoms with Gasteiger partial charge >= 0.3 is 11.5 Å². The molecule has 19 heavy (non-hydrogen) atoms. The number of benzene rings is 1. The van der Waals surface area contributed by atoms with Crippen molar-refractivity contribution in [3.8, 4) is 6.07 Å². The molecule has 0 aromatic heterocycles. The predicted molar refractivity (Wildman–Crippen MR) is 67.0 cm³/mol. The van der Waals surface area contributed by atoms with E-state index >= 15 is 0 Å². The Labute approximate surface area is 119 Å². The van der Waals surface area contributed by atoms with Crippen molar-refractivity contribution < 1.29 is 22.7 Å². The quantitative estimate of drug-likeness (QED) is 0.470. The number of carbonyl (C=O) groups excluding carboxylic acids is 1. The van der Waals surface area contributed by atoms with Gasteiger partial charge in [-0.25, -0.2) is 4.79 Å². The van der Waals surface area contributed by atoms with Crippen molar-refractivity contribution in [2.24, 2.45) is 0 Å². The SMILES string of the molecule is COC(=O)c1ccc(CBr)c(SC(F)(F)F)c1C#N. The normalized spacial score (nSPS) is 10.9. The van der Waals surface area contributed by atoms with E-state index in [-0.39, 0.29) is 26.9 Å². The lowest BCUT2D eigenvalue weighted by atomic mass is 10.1. The third-order valence-corrected chi connectivity index (χ3v) is 3.62. The van der Waals surface area contributed by atoms with Crippen LogP contribution in [0.15, 0.2) is 17.0 Å². The second-order valence-electron chi connectivity index (χ2n) is 3.26. The summed E-state index contributed by atoms with van der Waals surface area (Å²) in [5.74, 6) is -0.846. The molecule has 0 amide bonds. The lowest BCUT2D eigenvalue weighted by Crippen LogP contribution is -2.09. The molecule has 8 heteroatoms. The zero-order valence-corrected chi connectivity index (χ0v) is 11.9. The van der Waals surface area contributed by atoms with Crippen molar-refractivity contribution >= 4 is 33.7 Å². The number of alkyl halides is 4. The summed E-state index contributed by atoms with van der Waals surface area (Å²) in [5.41, 5.74) is -4.77. The first kappa shape index (κ1) is 15.9. The van der Waals surface area contributed by atoms with Gasteiger partial charge in [0.05, 0.1) is 18.2 Å². The van der Waals surface area contributed by atoms with E-state index < -0.39 is 23.2 Å². The van der Waals surface area contributed by atoms with Gasteiger partial charge in [0.2, 0.25) is 0 Å². The Morgan fingerprint density at radius 1 is 1.53 bits per heavy atom. The molecule has 3 nitrogen and oxygen atoms in total. The Balaban J connectivity index is 3.47. The molecule has 0 fully saturated rings. The third-order valence-electron chi connectivity index (χ3n) is 2.12. The lowest BCUT2D eigenvalue weighted by Gasteiger charge is -2.13. The van der Waals surface area contributed by atoms with Gasteiger partial charge in [-0.3, -0.25) is 0 Å². The van der Waals surface area contributed by atoms with Crippen molar-refractivity contribution in [2.75, 3.05) is 7.11 Å². The van der Waals surface area contributed by atoms with Crippen LogP contribution in [0.3, 0.4) is 0 Å². The van der Waals surface area contributed by atoms with Crippen LogP contribution in [0.2, 0.25) is 0 Å². The molecule has 0 spiro atoms. The van der Waals surface area contributed by atoms with Gasteiger partial charge in [0.15, 0.2) is 0 Å². The van der Waals surface area contributed by atoms with Gasteiger partial charge in [-0.15, -0.1) is 0 Å². The molecular formula is C11H7BrF3NO2S. The highest BCUT2D eigenvalue weighted by Gasteiger charge is 2.33. The van der Waals surface area contributed by atoms with Crippen molar-refractivity contribution in [2.45, 2.75) is 15.7 Å². The molecule has 1 aromatic rings. The largest absolute Gasteiger partial charge is 0.465 e. The maximum Gasteiger partial charge on any atom is 0.446 e. The molecule has 0 atom stereocenters. The van der Waals surface area contributed by atoms with Crippen LogP contribution in [0.4, 0.5) is 13.2 Å². The van der Waals surface area contributed by atoms with Crippen molar-refractivity contribution in [1.29, 1.82) is 5.26 Å². The maximum atomic E-state index is 12.5. The van der Waals surface area contributed by atoms with E-state index in [1.165, 1.54) is 12.1 Å². The molecule has 1 aromatic carbocycles. The Kier molecular flexibility index (Phi) is 5.26. The fourth-order valence-electron chi connectivity index (χ4n) is 1.35. The van der Waals surface area contributed by atoms with Gasteiger partial charge in [0.1, 0.15) is 6.07 Å². The number of nitriles is 1. The number of rotatable bonds is 3. The van der Waals surface area contributed by atoms with Crippen LogP contribution in [-0.2, 0) is 10.1 Å². The Morgan fingerprint density at radius 2 is 2.16 bits per heavy atom. The molecule has 0 bridgehead atoms. The summed E-state index contributed by atoms with van der Waals surface area (Å²) < 4.78 is 42.0. The van der Waals surface area contributed by atoms with E-state index in [0.717, 1.165) is 7.11 Å². The number of carbonyl (C=O) groups is 1. The summed E-state index contributed by atoms with van der Waals surface area (Å²) in [7, 11) is 1.10. The molecular weight excluding hydrogens is 347 g/mol. The van der Waals surface area contributed by atoms with Gasteiger partial charge in [-0.2, -0.15) is 18.4 Å². The number of thioether (sulfide) groups is 1. The van der Waals surface area contributed by atoms with Gasteiger partial charge in [-0.1, -0.05) is 22.0 Å². The second-order valence-corrected chi connectivity index (χ2v) is 4.90. The maximum absolute atomic E-state index is 12.5. The van der Waals surface area contributed by atoms with E-state index in [2.05, 4.69) is 20.7 Å². The summed E-state index contributed by atoms with van der Waals surface area (Å²) in [5, 5.41) is 9.15. The number of esters is 1. The molecule has 0 radical (unpaired) electrons. The second kappa shape index (κ2) is 6.30. The Morgan fingerprint density at radius 3 is 2.58 bits per heavy atom. The van der Waals surface area contributed by atoms with Gasteiger partial charge < -0.3 is 4.74 Å². The molecule has 0 aliphatic rings. The highest BCUT2D eigenvalue weighted by Crippen LogP contribution is 2.41. The molecule has 0 saturated carbocycles. The summed E-state index contributed by atoms with van der Waals surface area (Å²) >= 11 is 2.64. The summed E-state index contributed by atoms with van der Waals surface area (Å²) in [4.78, 5) is 11.2. The predicted octanol–water partition coefficient (Wildman–Crippen LogP) is 3.85. The minimum absolute atomic E-state index is 0.140. The number of hydrogen-bond acceptors (Lipinski definition) is 4. The number of halogens is 4. The lowest BCUT2D eigenvalue weighted by molar-refractivity contribution is -0.0328. The van der Waals surface area contributed by atoms with Crippen molar-refractivity contribution in [1.82, 2.24) is 0 Å². The van der Waals surface area contributed by atoms with Crippen LogP contribution in [-0.4, -0.2) is 18.6 Å². The fourth-order valence-corrected chi connectivity index (χ4v) is 2.77. The monoisotopic (exact) mass is 353 g/mol. The van der Waals surface area contributed by atoms with Crippen LogP contribution in [0.1, 0.15) is 21.5 Å². The molecule has 0 unspecified atom stereocenters. The number of methoxy groups -OCH3 is 1. The molecule has 102 valence electrons. The number of ether oxygens (including phenoxy) is 1. The van der Waals surface area contributed by atoms with Crippen LogP contribution < -0.4 is 0 Å². The first-order valence-corrected chi connectivity index (χ1v) is 6.73. The zero-order valence-electron chi connectivity index (χ0n) is 9.55. The highest BCUT2D eigenvalue weighted by atomic mass is 79.9. The molecule has 0 aliphatic heterocycles. The van der Waals surface area contributed by atoms with E-state index in [1.54, 1.807) is 6.07 Å². The molecule has 1 rings (SSSR count). The van der Waals surface area contributed by atoms with E-state index in [1.807, 2.05) is 0 Å². The van der Waals surface area contributed by atoms with Crippen molar-refractivity contribution in [3.63, 3.8) is 0 Å². The van der Waals surface area contributed by atoms with E-state index in [0.29, 0.717) is 0 Å². The minimum atomic E-state index is -4.54. The highest BCUT2D eigenvalue weighted by molar-refractivity contribution is 9.08. The first-order chi connectivity index (χ1) is 8.84. The third kappa shape index (κ3) is 3.88. The van der Waals surface area contributed by atoms with E-state index in [4.69, 9.17) is 5.26 Å². The zero-order chi connectivity index (χ0) is 14.6. The van der Waals surface area contributed by atoms with Crippen LogP contribution in [0, 0.1) is 11.3 Å². The summed E-state index contributed by atoms with van der Waals surface area (Å²) in [6, 6.07) is 4.27. The van der Waals surface area contributed by atoms with E-state index in [9.17, 15) is 18.0 Å². The average Bonchev–Trinajstić information content (AvgIpc) is 2.35. The first-order valence-electron chi connectivity index (χ1n) is 4.80.